The van der Waals surface area contributed by atoms with E-state index in [0.29, 0.717) is 17.9 Å². The molecule has 0 spiro atoms. The molecule has 0 aliphatic rings. The predicted octanol–water partition coefficient (Wildman–Crippen LogP) is 3.37. The summed E-state index contributed by atoms with van der Waals surface area (Å²) in [7, 11) is 1.92. The number of non-ortho nitro benzene ring substituents is 1. The summed E-state index contributed by atoms with van der Waals surface area (Å²) in [6, 6.07) is 8.22. The molecule has 0 unspecified atom stereocenters. The summed E-state index contributed by atoms with van der Waals surface area (Å²) in [6.45, 7) is 8.41. The van der Waals surface area contributed by atoms with E-state index in [1.807, 2.05) is 31.9 Å². The lowest BCUT2D eigenvalue weighted by atomic mass is 10.2. The number of hydrogen-bond acceptors (Lipinski definition) is 5. The number of aryl methyl sites for hydroxylation is 1. The number of aromatic nitrogens is 2. The minimum atomic E-state index is -0.423. The number of nitro benzene ring substituents is 1. The van der Waals surface area contributed by atoms with E-state index in [1.54, 1.807) is 12.1 Å². The highest BCUT2D eigenvalue weighted by Crippen LogP contribution is 2.23. The molecular formula is C16H18N4O2. The first-order chi connectivity index (χ1) is 10.4. The number of nitro groups is 1. The van der Waals surface area contributed by atoms with Crippen molar-refractivity contribution in [3.05, 3.63) is 58.3 Å². The average Bonchev–Trinajstić information content (AvgIpc) is 2.46. The van der Waals surface area contributed by atoms with Crippen LogP contribution < -0.4 is 4.90 Å². The second-order valence-electron chi connectivity index (χ2n) is 5.31. The number of benzene rings is 1. The lowest BCUT2D eigenvalue weighted by Gasteiger charge is -2.19. The lowest BCUT2D eigenvalue weighted by molar-refractivity contribution is -0.384. The van der Waals surface area contributed by atoms with Gasteiger partial charge in [-0.15, -0.1) is 0 Å². The Balaban J connectivity index is 2.43. The van der Waals surface area contributed by atoms with Crippen molar-refractivity contribution in [1.82, 2.24) is 9.97 Å². The predicted molar refractivity (Wildman–Crippen MR) is 86.9 cm³/mol. The molecule has 0 fully saturated rings. The first kappa shape index (κ1) is 15.6. The SMILES string of the molecule is C=C(C)CN(C)c1cc(C)nc(-c2cccc([N+](=O)[O-])c2)n1. The molecule has 22 heavy (non-hydrogen) atoms. The summed E-state index contributed by atoms with van der Waals surface area (Å²) in [5.74, 6) is 1.24. The zero-order chi connectivity index (χ0) is 16.3. The molecule has 1 heterocycles. The van der Waals surface area contributed by atoms with Gasteiger partial charge in [0.25, 0.3) is 5.69 Å². The Labute approximate surface area is 129 Å². The Kier molecular flexibility index (Phi) is 4.50. The van der Waals surface area contributed by atoms with Crippen LogP contribution >= 0.6 is 0 Å². The Hall–Kier alpha value is -2.76. The van der Waals surface area contributed by atoms with Gasteiger partial charge in [0.15, 0.2) is 5.82 Å². The monoisotopic (exact) mass is 298 g/mol. The summed E-state index contributed by atoms with van der Waals surface area (Å²) < 4.78 is 0. The first-order valence-corrected chi connectivity index (χ1v) is 6.83. The summed E-state index contributed by atoms with van der Waals surface area (Å²) in [5, 5.41) is 10.9. The van der Waals surface area contributed by atoms with Gasteiger partial charge < -0.3 is 4.90 Å². The van der Waals surface area contributed by atoms with Crippen molar-refractivity contribution >= 4 is 11.5 Å². The molecule has 0 radical (unpaired) electrons. The third-order valence-electron chi connectivity index (χ3n) is 3.05. The second-order valence-corrected chi connectivity index (χ2v) is 5.31. The van der Waals surface area contributed by atoms with Crippen molar-refractivity contribution in [2.24, 2.45) is 0 Å². The van der Waals surface area contributed by atoms with Crippen LogP contribution in [0.4, 0.5) is 11.5 Å². The highest BCUT2D eigenvalue weighted by molar-refractivity contribution is 5.61. The van der Waals surface area contributed by atoms with E-state index in [4.69, 9.17) is 0 Å². The molecule has 0 bridgehead atoms. The summed E-state index contributed by atoms with van der Waals surface area (Å²) in [6.07, 6.45) is 0. The highest BCUT2D eigenvalue weighted by Gasteiger charge is 2.12. The smallest absolute Gasteiger partial charge is 0.270 e. The minimum absolute atomic E-state index is 0.0273. The Morgan fingerprint density at radius 3 is 2.73 bits per heavy atom. The number of rotatable bonds is 5. The topological polar surface area (TPSA) is 72.2 Å². The number of likely N-dealkylation sites (N-methyl/N-ethyl adjacent to an activating group) is 1. The Morgan fingerprint density at radius 2 is 2.09 bits per heavy atom. The van der Waals surface area contributed by atoms with Crippen LogP contribution in [0.1, 0.15) is 12.6 Å². The van der Waals surface area contributed by atoms with Crippen molar-refractivity contribution in [3.8, 4) is 11.4 Å². The van der Waals surface area contributed by atoms with Gasteiger partial charge in [0.05, 0.1) is 4.92 Å². The second kappa shape index (κ2) is 6.34. The molecule has 1 aromatic heterocycles. The summed E-state index contributed by atoms with van der Waals surface area (Å²) in [5.41, 5.74) is 2.48. The molecular weight excluding hydrogens is 280 g/mol. The quantitative estimate of drug-likeness (QED) is 0.481. The normalized spacial score (nSPS) is 10.3. The number of anilines is 1. The maximum Gasteiger partial charge on any atom is 0.270 e. The fraction of sp³-hybridized carbons (Fsp3) is 0.250. The molecule has 0 aliphatic heterocycles. The molecule has 0 saturated carbocycles. The van der Waals surface area contributed by atoms with Crippen molar-refractivity contribution in [2.75, 3.05) is 18.5 Å². The van der Waals surface area contributed by atoms with Gasteiger partial charge in [0, 0.05) is 43.0 Å². The van der Waals surface area contributed by atoms with Crippen LogP contribution in [0.25, 0.3) is 11.4 Å². The molecule has 0 atom stereocenters. The van der Waals surface area contributed by atoms with Gasteiger partial charge >= 0.3 is 0 Å². The van der Waals surface area contributed by atoms with Crippen molar-refractivity contribution in [3.63, 3.8) is 0 Å². The molecule has 0 amide bonds. The molecule has 1 aromatic carbocycles. The molecule has 0 N–H and O–H groups in total. The van der Waals surface area contributed by atoms with Gasteiger partial charge in [-0.25, -0.2) is 9.97 Å². The number of hydrogen-bond donors (Lipinski definition) is 0. The summed E-state index contributed by atoms with van der Waals surface area (Å²) in [4.78, 5) is 21.3. The van der Waals surface area contributed by atoms with E-state index < -0.39 is 4.92 Å². The zero-order valence-electron chi connectivity index (χ0n) is 12.9. The van der Waals surface area contributed by atoms with Crippen molar-refractivity contribution < 1.29 is 4.92 Å². The third-order valence-corrected chi connectivity index (χ3v) is 3.05. The van der Waals surface area contributed by atoms with E-state index in [2.05, 4.69) is 16.5 Å². The molecule has 2 rings (SSSR count). The van der Waals surface area contributed by atoms with Crippen LogP contribution in [0.2, 0.25) is 0 Å². The molecule has 0 aliphatic carbocycles. The fourth-order valence-corrected chi connectivity index (χ4v) is 2.12. The van der Waals surface area contributed by atoms with E-state index >= 15 is 0 Å². The maximum atomic E-state index is 10.9. The van der Waals surface area contributed by atoms with Crippen LogP contribution in [0.5, 0.6) is 0 Å². The Morgan fingerprint density at radius 1 is 1.36 bits per heavy atom. The van der Waals surface area contributed by atoms with Crippen LogP contribution in [-0.4, -0.2) is 28.5 Å². The molecule has 6 heteroatoms. The molecule has 2 aromatic rings. The largest absolute Gasteiger partial charge is 0.356 e. The third kappa shape index (κ3) is 3.66. The van der Waals surface area contributed by atoms with Crippen molar-refractivity contribution in [2.45, 2.75) is 13.8 Å². The first-order valence-electron chi connectivity index (χ1n) is 6.83. The Bertz CT molecular complexity index is 728. The van der Waals surface area contributed by atoms with E-state index in [0.717, 1.165) is 17.1 Å². The summed E-state index contributed by atoms with van der Waals surface area (Å²) >= 11 is 0. The fourth-order valence-electron chi connectivity index (χ4n) is 2.12. The molecule has 6 nitrogen and oxygen atoms in total. The van der Waals surface area contributed by atoms with Gasteiger partial charge in [-0.05, 0) is 13.8 Å². The highest BCUT2D eigenvalue weighted by atomic mass is 16.6. The van der Waals surface area contributed by atoms with Gasteiger partial charge in [0.2, 0.25) is 0 Å². The van der Waals surface area contributed by atoms with Crippen LogP contribution in [0.3, 0.4) is 0 Å². The molecule has 114 valence electrons. The van der Waals surface area contributed by atoms with Crippen LogP contribution in [0.15, 0.2) is 42.5 Å². The van der Waals surface area contributed by atoms with E-state index in [-0.39, 0.29) is 5.69 Å². The van der Waals surface area contributed by atoms with Crippen LogP contribution in [-0.2, 0) is 0 Å². The van der Waals surface area contributed by atoms with Crippen molar-refractivity contribution in [1.29, 1.82) is 0 Å². The van der Waals surface area contributed by atoms with E-state index in [9.17, 15) is 10.1 Å². The maximum absolute atomic E-state index is 10.9. The number of nitrogens with zero attached hydrogens (tertiary/aromatic N) is 4. The van der Waals surface area contributed by atoms with Gasteiger partial charge in [-0.3, -0.25) is 10.1 Å². The lowest BCUT2D eigenvalue weighted by Crippen LogP contribution is -2.20. The van der Waals surface area contributed by atoms with Gasteiger partial charge in [-0.1, -0.05) is 24.3 Å². The van der Waals surface area contributed by atoms with Gasteiger partial charge in [0.1, 0.15) is 5.82 Å². The standard InChI is InChI=1S/C16H18N4O2/c1-11(2)10-19(4)15-8-12(3)17-16(18-15)13-6-5-7-14(9-13)20(21)22/h5-9H,1,10H2,2-4H3. The van der Waals surface area contributed by atoms with Gasteiger partial charge in [-0.2, -0.15) is 0 Å². The van der Waals surface area contributed by atoms with E-state index in [1.165, 1.54) is 12.1 Å². The molecule has 0 saturated heterocycles. The minimum Gasteiger partial charge on any atom is -0.356 e. The zero-order valence-corrected chi connectivity index (χ0v) is 12.9. The van der Waals surface area contributed by atoms with Crippen LogP contribution in [0, 0.1) is 17.0 Å². The average molecular weight is 298 g/mol.